The topological polar surface area (TPSA) is 105 Å². The van der Waals surface area contributed by atoms with E-state index in [1.165, 1.54) is 35.2 Å². The molecule has 0 radical (unpaired) electrons. The number of rotatable bonds is 13. The van der Waals surface area contributed by atoms with Crippen molar-refractivity contribution in [3.8, 4) is 11.5 Å². The monoisotopic (exact) mass is 611 g/mol. The zero-order valence-corrected chi connectivity index (χ0v) is 25.5. The molecule has 1 heterocycles. The Kier molecular flexibility index (Phi) is 10.6. The molecule has 2 atom stereocenters. The van der Waals surface area contributed by atoms with Crippen LogP contribution in [-0.4, -0.2) is 63.5 Å². The minimum absolute atomic E-state index is 0.0982. The average Bonchev–Trinajstić information content (AvgIpc) is 3.02. The summed E-state index contributed by atoms with van der Waals surface area (Å²) < 4.78 is 54.1. The van der Waals surface area contributed by atoms with E-state index in [0.717, 1.165) is 22.0 Å². The highest BCUT2D eigenvalue weighted by molar-refractivity contribution is 7.92. The van der Waals surface area contributed by atoms with Gasteiger partial charge >= 0.3 is 0 Å². The Morgan fingerprint density at radius 1 is 0.930 bits per heavy atom. The van der Waals surface area contributed by atoms with Crippen molar-refractivity contribution in [3.63, 3.8) is 0 Å². The average molecular weight is 612 g/mol. The van der Waals surface area contributed by atoms with Gasteiger partial charge in [-0.2, -0.15) is 0 Å². The number of nitrogens with one attached hydrogen (secondary N) is 1. The van der Waals surface area contributed by atoms with E-state index in [9.17, 15) is 22.4 Å². The SMILES string of the molecule is CCC(C)NC(=O)C(CC)N(CCc1ccccc1)C(=O)CN(c1ccc(F)cc1)S(=O)(=O)c1ccc2c(c1)OCCO2. The number of hydrogen-bond acceptors (Lipinski definition) is 6. The van der Waals surface area contributed by atoms with Crippen molar-refractivity contribution in [1.29, 1.82) is 0 Å². The fraction of sp³-hybridized carbons (Fsp3) is 0.375. The molecule has 9 nitrogen and oxygen atoms in total. The van der Waals surface area contributed by atoms with Gasteiger partial charge in [0.15, 0.2) is 11.5 Å². The third kappa shape index (κ3) is 7.84. The van der Waals surface area contributed by atoms with E-state index in [1.807, 2.05) is 51.1 Å². The van der Waals surface area contributed by atoms with E-state index in [4.69, 9.17) is 9.47 Å². The fourth-order valence-corrected chi connectivity index (χ4v) is 6.21. The molecule has 3 aromatic rings. The molecule has 2 amide bonds. The number of carbonyl (C=O) groups is 2. The number of fused-ring (bicyclic) bond motifs is 1. The lowest BCUT2D eigenvalue weighted by molar-refractivity contribution is -0.139. The third-order valence-corrected chi connectivity index (χ3v) is 9.14. The second-order valence-corrected chi connectivity index (χ2v) is 12.2. The maximum Gasteiger partial charge on any atom is 0.264 e. The Morgan fingerprint density at radius 2 is 1.60 bits per heavy atom. The molecule has 0 aromatic heterocycles. The summed E-state index contributed by atoms with van der Waals surface area (Å²) in [5.41, 5.74) is 1.07. The van der Waals surface area contributed by atoms with Crippen LogP contribution in [0, 0.1) is 5.82 Å². The summed E-state index contributed by atoms with van der Waals surface area (Å²) >= 11 is 0. The van der Waals surface area contributed by atoms with Crippen molar-refractivity contribution in [1.82, 2.24) is 10.2 Å². The lowest BCUT2D eigenvalue weighted by atomic mass is 10.1. The van der Waals surface area contributed by atoms with Gasteiger partial charge < -0.3 is 19.7 Å². The van der Waals surface area contributed by atoms with Crippen molar-refractivity contribution < 1.29 is 31.9 Å². The van der Waals surface area contributed by atoms with Gasteiger partial charge in [-0.1, -0.05) is 44.2 Å². The predicted octanol–water partition coefficient (Wildman–Crippen LogP) is 4.56. The van der Waals surface area contributed by atoms with Crippen LogP contribution >= 0.6 is 0 Å². The van der Waals surface area contributed by atoms with Crippen molar-refractivity contribution in [2.45, 2.75) is 57.0 Å². The van der Waals surface area contributed by atoms with Crippen LogP contribution in [0.5, 0.6) is 11.5 Å². The molecule has 0 aliphatic carbocycles. The maximum atomic E-state index is 14.1. The van der Waals surface area contributed by atoms with Crippen LogP contribution in [0.25, 0.3) is 0 Å². The van der Waals surface area contributed by atoms with E-state index in [-0.39, 0.29) is 41.4 Å². The molecule has 0 fully saturated rings. The highest BCUT2D eigenvalue weighted by Crippen LogP contribution is 2.34. The van der Waals surface area contributed by atoms with E-state index in [1.54, 1.807) is 0 Å². The smallest absolute Gasteiger partial charge is 0.264 e. The first-order valence-electron chi connectivity index (χ1n) is 14.5. The van der Waals surface area contributed by atoms with Gasteiger partial charge in [-0.3, -0.25) is 13.9 Å². The molecule has 230 valence electrons. The lowest BCUT2D eigenvalue weighted by Crippen LogP contribution is -2.54. The molecule has 0 saturated heterocycles. The zero-order chi connectivity index (χ0) is 31.0. The Hall–Kier alpha value is -4.12. The third-order valence-electron chi connectivity index (χ3n) is 7.37. The van der Waals surface area contributed by atoms with E-state index < -0.39 is 34.3 Å². The number of anilines is 1. The van der Waals surface area contributed by atoms with Gasteiger partial charge in [0.1, 0.15) is 31.6 Å². The molecular formula is C32H38FN3O6S. The number of nitrogens with zero attached hydrogens (tertiary/aromatic N) is 2. The molecule has 1 aliphatic rings. The van der Waals surface area contributed by atoms with Gasteiger partial charge in [-0.25, -0.2) is 12.8 Å². The van der Waals surface area contributed by atoms with Gasteiger partial charge in [-0.05, 0) is 68.1 Å². The van der Waals surface area contributed by atoms with E-state index >= 15 is 0 Å². The molecule has 0 saturated carbocycles. The first-order chi connectivity index (χ1) is 20.6. The summed E-state index contributed by atoms with van der Waals surface area (Å²) in [5, 5.41) is 2.96. The molecule has 0 bridgehead atoms. The summed E-state index contributed by atoms with van der Waals surface area (Å²) in [6, 6.07) is 17.7. The Bertz CT molecular complexity index is 1500. The maximum absolute atomic E-state index is 14.1. The number of hydrogen-bond donors (Lipinski definition) is 1. The lowest BCUT2D eigenvalue weighted by Gasteiger charge is -2.33. The molecule has 4 rings (SSSR count). The number of halogens is 1. The first-order valence-corrected chi connectivity index (χ1v) is 15.9. The van der Waals surface area contributed by atoms with Gasteiger partial charge in [0, 0.05) is 18.7 Å². The number of sulfonamides is 1. The van der Waals surface area contributed by atoms with Crippen LogP contribution in [0.2, 0.25) is 0 Å². The summed E-state index contributed by atoms with van der Waals surface area (Å²) in [4.78, 5) is 28.8. The van der Waals surface area contributed by atoms with Crippen LogP contribution in [0.15, 0.2) is 77.7 Å². The Balaban J connectivity index is 1.70. The largest absolute Gasteiger partial charge is 0.486 e. The Labute approximate surface area is 252 Å². The van der Waals surface area contributed by atoms with Gasteiger partial charge in [0.05, 0.1) is 10.6 Å². The number of ether oxygens (including phenoxy) is 2. The summed E-state index contributed by atoms with van der Waals surface area (Å²) in [6.07, 6.45) is 1.51. The molecule has 3 aromatic carbocycles. The number of carbonyl (C=O) groups excluding carboxylic acids is 2. The van der Waals surface area contributed by atoms with Gasteiger partial charge in [-0.15, -0.1) is 0 Å². The Morgan fingerprint density at radius 3 is 2.26 bits per heavy atom. The van der Waals surface area contributed by atoms with Gasteiger partial charge in [0.2, 0.25) is 11.8 Å². The van der Waals surface area contributed by atoms with Gasteiger partial charge in [0.25, 0.3) is 10.0 Å². The van der Waals surface area contributed by atoms with E-state index in [0.29, 0.717) is 31.6 Å². The molecular weight excluding hydrogens is 573 g/mol. The second-order valence-electron chi connectivity index (χ2n) is 10.4. The molecule has 0 spiro atoms. The zero-order valence-electron chi connectivity index (χ0n) is 24.7. The van der Waals surface area contributed by atoms with Crippen molar-refractivity contribution in [3.05, 3.63) is 84.2 Å². The summed E-state index contributed by atoms with van der Waals surface area (Å²) in [6.45, 7) is 5.85. The quantitative estimate of drug-likeness (QED) is 0.304. The summed E-state index contributed by atoms with van der Waals surface area (Å²) in [7, 11) is -4.34. The summed E-state index contributed by atoms with van der Waals surface area (Å²) in [5.74, 6) is -0.729. The highest BCUT2D eigenvalue weighted by atomic mass is 32.2. The minimum Gasteiger partial charge on any atom is -0.486 e. The van der Waals surface area contributed by atoms with Crippen LogP contribution in [0.3, 0.4) is 0 Å². The number of benzene rings is 3. The van der Waals surface area contributed by atoms with Crippen LogP contribution < -0.4 is 19.1 Å². The van der Waals surface area contributed by atoms with Crippen molar-refractivity contribution in [2.75, 3.05) is 30.6 Å². The van der Waals surface area contributed by atoms with Crippen LogP contribution in [0.4, 0.5) is 10.1 Å². The van der Waals surface area contributed by atoms with Crippen molar-refractivity contribution in [2.24, 2.45) is 0 Å². The minimum atomic E-state index is -4.34. The molecule has 2 unspecified atom stereocenters. The standard InChI is InChI=1S/C32H38FN3O6S/c1-4-23(3)34-32(38)28(5-2)35(18-17-24-9-7-6-8-10-24)31(37)22-36(26-13-11-25(33)12-14-26)43(39,40)27-15-16-29-30(21-27)42-20-19-41-29/h6-16,21,23,28H,4-5,17-20,22H2,1-3H3,(H,34,38). The normalized spacial score (nSPS) is 14.0. The fourth-order valence-electron chi connectivity index (χ4n) is 4.78. The molecule has 1 aliphatic heterocycles. The van der Waals surface area contributed by atoms with Crippen LogP contribution in [-0.2, 0) is 26.0 Å². The highest BCUT2D eigenvalue weighted by Gasteiger charge is 2.34. The number of amides is 2. The molecule has 11 heteroatoms. The predicted molar refractivity (Wildman–Crippen MR) is 162 cm³/mol. The first kappa shape index (κ1) is 31.8. The van der Waals surface area contributed by atoms with Crippen molar-refractivity contribution >= 4 is 27.5 Å². The molecule has 43 heavy (non-hydrogen) atoms. The molecule has 1 N–H and O–H groups in total. The second kappa shape index (κ2) is 14.4. The van der Waals surface area contributed by atoms with Crippen LogP contribution in [0.1, 0.15) is 39.2 Å². The van der Waals surface area contributed by atoms with E-state index in [2.05, 4.69) is 5.32 Å².